The van der Waals surface area contributed by atoms with Gasteiger partial charge in [0.15, 0.2) is 11.3 Å². The highest BCUT2D eigenvalue weighted by atomic mass is 127. The van der Waals surface area contributed by atoms with Gasteiger partial charge in [0.1, 0.15) is 9.52 Å². The number of fused-ring (bicyclic) bond motifs is 1. The van der Waals surface area contributed by atoms with Gasteiger partial charge in [-0.3, -0.25) is 4.40 Å². The molecule has 0 aliphatic rings. The molecule has 0 amide bonds. The molecule has 0 atom stereocenters. The molecule has 0 unspecified atom stereocenters. The molecule has 24 heavy (non-hydrogen) atoms. The Morgan fingerprint density at radius 1 is 1.21 bits per heavy atom. The maximum Gasteiger partial charge on any atom is 0.420 e. The van der Waals surface area contributed by atoms with Crippen LogP contribution in [0.15, 0.2) is 36.5 Å². The predicted molar refractivity (Wildman–Crippen MR) is 85.3 cm³/mol. The minimum absolute atomic E-state index is 0.0267. The van der Waals surface area contributed by atoms with Crippen LogP contribution >= 0.6 is 22.6 Å². The topological polar surface area (TPSA) is 54.6 Å². The average Bonchev–Trinajstić information content (AvgIpc) is 2.83. The van der Waals surface area contributed by atoms with Gasteiger partial charge >= 0.3 is 12.1 Å². The first kappa shape index (κ1) is 16.7. The van der Waals surface area contributed by atoms with Crippen LogP contribution in [0.5, 0.6) is 0 Å². The first-order valence-corrected chi connectivity index (χ1v) is 7.54. The summed E-state index contributed by atoms with van der Waals surface area (Å²) in [6.45, 7) is 0. The molecular formula is C15H7F4IN2O2. The van der Waals surface area contributed by atoms with E-state index >= 15 is 0 Å². The van der Waals surface area contributed by atoms with E-state index in [9.17, 15) is 22.4 Å². The van der Waals surface area contributed by atoms with Crippen LogP contribution in [0.25, 0.3) is 16.8 Å². The standard InChI is InChI=1S/C15H7F4IN2O2/c16-9-3-1-2-7(4-9)8-5-10(15(17,18)19)13-21-11(14(23)24)12(20)22(13)6-8/h1-6H,(H,23,24). The quantitative estimate of drug-likeness (QED) is 0.464. The summed E-state index contributed by atoms with van der Waals surface area (Å²) in [4.78, 5) is 14.7. The van der Waals surface area contributed by atoms with Crippen LogP contribution < -0.4 is 0 Å². The van der Waals surface area contributed by atoms with Gasteiger partial charge < -0.3 is 5.11 Å². The summed E-state index contributed by atoms with van der Waals surface area (Å²) in [5, 5.41) is 9.07. The zero-order chi connectivity index (χ0) is 17.6. The van der Waals surface area contributed by atoms with Crippen molar-refractivity contribution >= 4 is 34.2 Å². The molecule has 0 saturated heterocycles. The summed E-state index contributed by atoms with van der Waals surface area (Å²) >= 11 is 1.61. The fourth-order valence-electron chi connectivity index (χ4n) is 2.29. The Morgan fingerprint density at radius 2 is 1.92 bits per heavy atom. The summed E-state index contributed by atoms with van der Waals surface area (Å²) in [5.74, 6) is -2.02. The Kier molecular flexibility index (Phi) is 3.98. The maximum atomic E-state index is 13.4. The van der Waals surface area contributed by atoms with Crippen LogP contribution in [-0.4, -0.2) is 20.5 Å². The van der Waals surface area contributed by atoms with Crippen molar-refractivity contribution < 1.29 is 27.5 Å². The molecule has 0 aliphatic heterocycles. The summed E-state index contributed by atoms with van der Waals surface area (Å²) in [6, 6.07) is 5.95. The number of alkyl halides is 3. The number of imidazole rings is 1. The Morgan fingerprint density at radius 3 is 2.50 bits per heavy atom. The molecule has 4 nitrogen and oxygen atoms in total. The molecule has 0 fully saturated rings. The van der Waals surface area contributed by atoms with Gasteiger partial charge in [-0.1, -0.05) is 12.1 Å². The molecule has 3 aromatic rings. The second-order valence-electron chi connectivity index (χ2n) is 4.90. The molecule has 2 heterocycles. The summed E-state index contributed by atoms with van der Waals surface area (Å²) in [6.07, 6.45) is -3.44. The van der Waals surface area contributed by atoms with E-state index in [0.29, 0.717) is 0 Å². The van der Waals surface area contributed by atoms with E-state index in [1.54, 1.807) is 22.6 Å². The van der Waals surface area contributed by atoms with Crippen LogP contribution in [0.4, 0.5) is 17.6 Å². The van der Waals surface area contributed by atoms with Gasteiger partial charge in [0.25, 0.3) is 0 Å². The Hall–Kier alpha value is -2.17. The highest BCUT2D eigenvalue weighted by molar-refractivity contribution is 14.1. The van der Waals surface area contributed by atoms with Crippen molar-refractivity contribution in [3.63, 3.8) is 0 Å². The first-order chi connectivity index (χ1) is 11.2. The van der Waals surface area contributed by atoms with E-state index in [2.05, 4.69) is 4.98 Å². The fraction of sp³-hybridized carbons (Fsp3) is 0.0667. The highest BCUT2D eigenvalue weighted by Gasteiger charge is 2.36. The lowest BCUT2D eigenvalue weighted by molar-refractivity contribution is -0.136. The van der Waals surface area contributed by atoms with Crippen LogP contribution in [0.2, 0.25) is 0 Å². The van der Waals surface area contributed by atoms with Crippen molar-refractivity contribution in [1.29, 1.82) is 0 Å². The number of halogens is 5. The van der Waals surface area contributed by atoms with E-state index in [4.69, 9.17) is 5.11 Å². The minimum atomic E-state index is -4.74. The summed E-state index contributed by atoms with van der Waals surface area (Å²) in [7, 11) is 0. The van der Waals surface area contributed by atoms with Crippen molar-refractivity contribution in [2.75, 3.05) is 0 Å². The van der Waals surface area contributed by atoms with Gasteiger partial charge in [-0.15, -0.1) is 0 Å². The van der Waals surface area contributed by atoms with Gasteiger partial charge in [0, 0.05) is 6.20 Å². The largest absolute Gasteiger partial charge is 0.476 e. The average molecular weight is 450 g/mol. The van der Waals surface area contributed by atoms with Crippen LogP contribution in [-0.2, 0) is 6.18 Å². The second kappa shape index (κ2) is 5.72. The molecule has 3 rings (SSSR count). The zero-order valence-corrected chi connectivity index (χ0v) is 13.8. The van der Waals surface area contributed by atoms with Gasteiger partial charge in [-0.2, -0.15) is 13.2 Å². The van der Waals surface area contributed by atoms with E-state index in [-0.39, 0.29) is 14.8 Å². The summed E-state index contributed by atoms with van der Waals surface area (Å²) in [5.41, 5.74) is -1.73. The molecule has 0 saturated carbocycles. The van der Waals surface area contributed by atoms with Crippen molar-refractivity contribution in [3.05, 3.63) is 57.3 Å². The van der Waals surface area contributed by atoms with Crippen molar-refractivity contribution in [2.45, 2.75) is 6.18 Å². The van der Waals surface area contributed by atoms with Crippen LogP contribution in [0, 0.1) is 9.52 Å². The van der Waals surface area contributed by atoms with E-state index in [1.807, 2.05) is 0 Å². The lowest BCUT2D eigenvalue weighted by Gasteiger charge is -2.11. The molecular weight excluding hydrogens is 443 g/mol. The first-order valence-electron chi connectivity index (χ1n) is 6.46. The van der Waals surface area contributed by atoms with Crippen LogP contribution in [0.1, 0.15) is 16.1 Å². The number of aromatic carboxylic acids is 1. The summed E-state index contributed by atoms with van der Waals surface area (Å²) < 4.78 is 54.5. The lowest BCUT2D eigenvalue weighted by Crippen LogP contribution is -2.08. The molecule has 0 aliphatic carbocycles. The third-order valence-corrected chi connectivity index (χ3v) is 4.36. The number of hydrogen-bond acceptors (Lipinski definition) is 2. The Bertz CT molecular complexity index is 966. The SMILES string of the molecule is O=C(O)c1nc2c(C(F)(F)F)cc(-c3cccc(F)c3)cn2c1I. The number of aromatic nitrogens is 2. The minimum Gasteiger partial charge on any atom is -0.476 e. The monoisotopic (exact) mass is 450 g/mol. The molecule has 0 bridgehead atoms. The molecule has 0 radical (unpaired) electrons. The molecule has 0 spiro atoms. The van der Waals surface area contributed by atoms with E-state index < -0.39 is 34.9 Å². The molecule has 1 N–H and O–H groups in total. The van der Waals surface area contributed by atoms with E-state index in [0.717, 1.165) is 16.5 Å². The van der Waals surface area contributed by atoms with Gasteiger partial charge in [0.2, 0.25) is 0 Å². The van der Waals surface area contributed by atoms with Gasteiger partial charge in [0.05, 0.1) is 5.56 Å². The number of pyridine rings is 1. The maximum absolute atomic E-state index is 13.4. The molecule has 124 valence electrons. The molecule has 9 heteroatoms. The van der Waals surface area contributed by atoms with Gasteiger partial charge in [-0.25, -0.2) is 14.2 Å². The fourth-order valence-corrected chi connectivity index (χ4v) is 3.01. The molecule has 1 aromatic carbocycles. The van der Waals surface area contributed by atoms with Crippen molar-refractivity contribution in [3.8, 4) is 11.1 Å². The smallest absolute Gasteiger partial charge is 0.420 e. The number of carboxylic acid groups (broad SMARTS) is 1. The molecule has 2 aromatic heterocycles. The van der Waals surface area contributed by atoms with Crippen molar-refractivity contribution in [1.82, 2.24) is 9.38 Å². The third kappa shape index (κ3) is 2.83. The van der Waals surface area contributed by atoms with E-state index in [1.165, 1.54) is 24.4 Å². The number of carboxylic acids is 1. The Labute approximate surface area is 145 Å². The highest BCUT2D eigenvalue weighted by Crippen LogP contribution is 2.36. The normalized spacial score (nSPS) is 11.9. The number of rotatable bonds is 2. The lowest BCUT2D eigenvalue weighted by atomic mass is 10.1. The number of benzene rings is 1. The second-order valence-corrected chi connectivity index (χ2v) is 5.92. The number of hydrogen-bond donors (Lipinski definition) is 1. The zero-order valence-electron chi connectivity index (χ0n) is 11.6. The van der Waals surface area contributed by atoms with Crippen LogP contribution in [0.3, 0.4) is 0 Å². The predicted octanol–water partition coefficient (Wildman–Crippen LogP) is 4.46. The Balaban J connectivity index is 2.38. The van der Waals surface area contributed by atoms with Gasteiger partial charge in [-0.05, 0) is 51.9 Å². The third-order valence-electron chi connectivity index (χ3n) is 3.33. The number of carbonyl (C=O) groups is 1. The number of nitrogens with zero attached hydrogens (tertiary/aromatic N) is 2. The van der Waals surface area contributed by atoms with Crippen molar-refractivity contribution in [2.24, 2.45) is 0 Å².